The summed E-state index contributed by atoms with van der Waals surface area (Å²) in [5, 5.41) is 22.9. The molecule has 3 heterocycles. The Hall–Kier alpha value is -3.38. The first-order chi connectivity index (χ1) is 17.1. The Balaban J connectivity index is 1.60. The number of thiophene rings is 1. The van der Waals surface area contributed by atoms with Gasteiger partial charge in [-0.15, -0.1) is 11.3 Å². The molecule has 1 aromatic carbocycles. The third-order valence-corrected chi connectivity index (χ3v) is 6.86. The molecule has 0 aliphatic carbocycles. The number of aliphatic hydroxyl groups excluding tert-OH is 1. The van der Waals surface area contributed by atoms with Crippen LogP contribution in [0, 0.1) is 5.82 Å². The first-order valence-corrected chi connectivity index (χ1v) is 12.1. The van der Waals surface area contributed by atoms with Gasteiger partial charge < -0.3 is 30.9 Å². The highest BCUT2D eigenvalue weighted by atomic mass is 32.1. The molecule has 11 heteroatoms. The van der Waals surface area contributed by atoms with Gasteiger partial charge in [-0.25, -0.2) is 9.37 Å². The van der Waals surface area contributed by atoms with Crippen LogP contribution < -0.4 is 11.1 Å². The van der Waals surface area contributed by atoms with Gasteiger partial charge in [-0.2, -0.15) is 0 Å². The van der Waals surface area contributed by atoms with Crippen LogP contribution in [0.3, 0.4) is 0 Å². The summed E-state index contributed by atoms with van der Waals surface area (Å²) >= 11 is 1.11. The van der Waals surface area contributed by atoms with Gasteiger partial charge in [-0.05, 0) is 43.7 Å². The molecule has 190 valence electrons. The number of nitrogens with two attached hydrogens (primary N) is 1. The predicted octanol–water partition coefficient (Wildman–Crippen LogP) is 2.85. The Morgan fingerprint density at radius 1 is 1.31 bits per heavy atom. The third kappa shape index (κ3) is 5.54. The lowest BCUT2D eigenvalue weighted by Crippen LogP contribution is -2.47. The van der Waals surface area contributed by atoms with Crippen molar-refractivity contribution in [1.82, 2.24) is 9.88 Å². The maximum absolute atomic E-state index is 14.9. The van der Waals surface area contributed by atoms with E-state index in [2.05, 4.69) is 10.3 Å². The number of ether oxygens (including phenoxy) is 1. The molecule has 1 fully saturated rings. The van der Waals surface area contributed by atoms with Crippen LogP contribution in [-0.2, 0) is 10.3 Å². The summed E-state index contributed by atoms with van der Waals surface area (Å²) in [4.78, 5) is 31.5. The van der Waals surface area contributed by atoms with Crippen LogP contribution in [0.15, 0.2) is 42.5 Å². The fourth-order valence-corrected chi connectivity index (χ4v) is 4.91. The molecular formula is C25H27FN4O5S. The Labute approximate surface area is 211 Å². The Morgan fingerprint density at radius 3 is 2.75 bits per heavy atom. The van der Waals surface area contributed by atoms with Gasteiger partial charge in [0.25, 0.3) is 11.8 Å². The zero-order valence-corrected chi connectivity index (χ0v) is 20.6. The van der Waals surface area contributed by atoms with E-state index < -0.39 is 23.4 Å². The minimum absolute atomic E-state index is 0.151. The van der Waals surface area contributed by atoms with Crippen LogP contribution in [0.25, 0.3) is 10.4 Å². The molecular weight excluding hydrogens is 487 g/mol. The van der Waals surface area contributed by atoms with Crippen molar-refractivity contribution in [2.75, 3.05) is 31.6 Å². The maximum atomic E-state index is 14.9. The summed E-state index contributed by atoms with van der Waals surface area (Å²) < 4.78 is 20.3. The number of hydrogen-bond acceptors (Lipinski definition) is 8. The zero-order valence-electron chi connectivity index (χ0n) is 19.8. The van der Waals surface area contributed by atoms with E-state index in [1.165, 1.54) is 12.1 Å². The highest BCUT2D eigenvalue weighted by Gasteiger charge is 2.26. The Morgan fingerprint density at radius 2 is 2.08 bits per heavy atom. The molecule has 0 saturated carbocycles. The fourth-order valence-electron chi connectivity index (χ4n) is 3.81. The topological polar surface area (TPSA) is 138 Å². The lowest BCUT2D eigenvalue weighted by Gasteiger charge is -2.31. The number of carbonyl (C=O) groups excluding carboxylic acids is 2. The van der Waals surface area contributed by atoms with Crippen LogP contribution in [0.2, 0.25) is 0 Å². The van der Waals surface area contributed by atoms with Crippen molar-refractivity contribution in [2.45, 2.75) is 25.6 Å². The number of primary amides is 1. The molecule has 0 spiro atoms. The highest BCUT2D eigenvalue weighted by Crippen LogP contribution is 2.38. The SMILES string of the molecule is CC(C)(O)c1ccc(-c2cc(C(N)=O)c(Nc3cccc(C(=O)N4CCOC(CO)C4)n3)s2)c(F)c1. The molecule has 36 heavy (non-hydrogen) atoms. The predicted molar refractivity (Wildman–Crippen MR) is 134 cm³/mol. The molecule has 3 aromatic rings. The van der Waals surface area contributed by atoms with Gasteiger partial charge in [0, 0.05) is 23.5 Å². The summed E-state index contributed by atoms with van der Waals surface area (Å²) in [6, 6.07) is 10.8. The Bertz CT molecular complexity index is 1290. The number of aromatic nitrogens is 1. The van der Waals surface area contributed by atoms with E-state index in [0.717, 1.165) is 11.3 Å². The minimum Gasteiger partial charge on any atom is -0.394 e. The van der Waals surface area contributed by atoms with Crippen LogP contribution >= 0.6 is 11.3 Å². The second-order valence-electron chi connectivity index (χ2n) is 8.93. The monoisotopic (exact) mass is 514 g/mol. The minimum atomic E-state index is -1.20. The van der Waals surface area contributed by atoms with Crippen molar-refractivity contribution in [3.63, 3.8) is 0 Å². The lowest BCUT2D eigenvalue weighted by atomic mass is 9.96. The van der Waals surface area contributed by atoms with Gasteiger partial charge in [-0.1, -0.05) is 18.2 Å². The molecule has 1 aliphatic rings. The van der Waals surface area contributed by atoms with E-state index in [9.17, 15) is 24.2 Å². The number of carbonyl (C=O) groups is 2. The molecule has 1 saturated heterocycles. The van der Waals surface area contributed by atoms with E-state index in [-0.39, 0.29) is 35.9 Å². The number of aliphatic hydroxyl groups is 2. The molecule has 1 atom stereocenters. The van der Waals surface area contributed by atoms with Crippen molar-refractivity contribution < 1.29 is 28.9 Å². The highest BCUT2D eigenvalue weighted by molar-refractivity contribution is 7.20. The van der Waals surface area contributed by atoms with Crippen molar-refractivity contribution >= 4 is 34.0 Å². The van der Waals surface area contributed by atoms with Crippen molar-refractivity contribution in [3.8, 4) is 10.4 Å². The molecule has 4 rings (SSSR count). The number of nitrogens with zero attached hydrogens (tertiary/aromatic N) is 2. The second kappa shape index (κ2) is 10.3. The summed E-state index contributed by atoms with van der Waals surface area (Å²) in [5.41, 5.74) is 5.38. The molecule has 5 N–H and O–H groups in total. The smallest absolute Gasteiger partial charge is 0.272 e. The fraction of sp³-hybridized carbons (Fsp3) is 0.320. The van der Waals surface area contributed by atoms with Crippen molar-refractivity contribution in [2.24, 2.45) is 5.73 Å². The number of pyridine rings is 1. The lowest BCUT2D eigenvalue weighted by molar-refractivity contribution is -0.0448. The number of amides is 2. The number of rotatable bonds is 7. The van der Waals surface area contributed by atoms with E-state index in [1.807, 2.05) is 0 Å². The number of benzene rings is 1. The average Bonchev–Trinajstić information content (AvgIpc) is 3.26. The van der Waals surface area contributed by atoms with Crippen LogP contribution in [0.4, 0.5) is 15.2 Å². The average molecular weight is 515 g/mol. The van der Waals surface area contributed by atoms with Gasteiger partial charge in [0.1, 0.15) is 22.3 Å². The summed E-state index contributed by atoms with van der Waals surface area (Å²) in [5.74, 6) is -1.25. The van der Waals surface area contributed by atoms with Crippen LogP contribution in [0.1, 0.15) is 40.3 Å². The van der Waals surface area contributed by atoms with Crippen molar-refractivity contribution in [3.05, 3.63) is 65.1 Å². The molecule has 2 amide bonds. The Kier molecular flexibility index (Phi) is 7.36. The molecule has 1 unspecified atom stereocenters. The third-order valence-electron chi connectivity index (χ3n) is 5.78. The van der Waals surface area contributed by atoms with Crippen LogP contribution in [-0.4, -0.2) is 64.3 Å². The van der Waals surface area contributed by atoms with Gasteiger partial charge in [0.15, 0.2) is 0 Å². The number of anilines is 2. The van der Waals surface area contributed by atoms with E-state index in [1.54, 1.807) is 49.1 Å². The normalized spacial score (nSPS) is 16.1. The molecule has 1 aliphatic heterocycles. The molecule has 2 aromatic heterocycles. The second-order valence-corrected chi connectivity index (χ2v) is 9.98. The quantitative estimate of drug-likeness (QED) is 0.380. The summed E-state index contributed by atoms with van der Waals surface area (Å²) in [7, 11) is 0. The standard InChI is InChI=1S/C25H27FN4O5S/c1-25(2,34)14-6-7-16(18(26)10-14)20-11-17(22(27)32)23(36-20)29-21-5-3-4-19(28-21)24(33)30-8-9-35-15(12-30)13-31/h3-7,10-11,15,31,34H,8-9,12-13H2,1-2H3,(H2,27,32)(H,28,29). The first kappa shape index (κ1) is 25.7. The number of halogens is 1. The summed E-state index contributed by atoms with van der Waals surface area (Å²) in [6.45, 7) is 3.91. The molecule has 0 bridgehead atoms. The van der Waals surface area contributed by atoms with Crippen molar-refractivity contribution in [1.29, 1.82) is 0 Å². The van der Waals surface area contributed by atoms with Gasteiger partial charge in [0.2, 0.25) is 0 Å². The van der Waals surface area contributed by atoms with Gasteiger partial charge in [-0.3, -0.25) is 9.59 Å². The summed E-state index contributed by atoms with van der Waals surface area (Å²) in [6.07, 6.45) is -0.440. The maximum Gasteiger partial charge on any atom is 0.272 e. The van der Waals surface area contributed by atoms with E-state index in [0.29, 0.717) is 34.4 Å². The first-order valence-electron chi connectivity index (χ1n) is 11.3. The number of hydrogen-bond donors (Lipinski definition) is 4. The number of nitrogens with one attached hydrogen (secondary N) is 1. The zero-order chi connectivity index (χ0) is 26.0. The van der Waals surface area contributed by atoms with E-state index in [4.69, 9.17) is 10.5 Å². The van der Waals surface area contributed by atoms with E-state index >= 15 is 0 Å². The molecule has 9 nitrogen and oxygen atoms in total. The number of morpholine rings is 1. The largest absolute Gasteiger partial charge is 0.394 e. The van der Waals surface area contributed by atoms with Crippen LogP contribution in [0.5, 0.6) is 0 Å². The molecule has 0 radical (unpaired) electrons. The van der Waals surface area contributed by atoms with Gasteiger partial charge >= 0.3 is 0 Å². The van der Waals surface area contributed by atoms with Gasteiger partial charge in [0.05, 0.1) is 30.5 Å².